The average molecular weight is 203 g/mol. The average Bonchev–Trinajstić information content (AvgIpc) is 2.15. The zero-order valence-electron chi connectivity index (χ0n) is 7.67. The van der Waals surface area contributed by atoms with E-state index in [2.05, 4.69) is 0 Å². The van der Waals surface area contributed by atoms with E-state index >= 15 is 0 Å². The van der Waals surface area contributed by atoms with Crippen molar-refractivity contribution in [1.29, 1.82) is 0 Å². The number of nitrogen functional groups attached to an aromatic ring is 1. The Kier molecular flexibility index (Phi) is 3.50. The van der Waals surface area contributed by atoms with Gasteiger partial charge < -0.3 is 15.2 Å². The molecule has 5 heteroatoms. The summed E-state index contributed by atoms with van der Waals surface area (Å²) in [6, 6.07) is 4.61. The van der Waals surface area contributed by atoms with Crippen LogP contribution in [0.2, 0.25) is 0 Å². The van der Waals surface area contributed by atoms with Crippen LogP contribution in [-0.2, 0) is 0 Å². The smallest absolute Gasteiger partial charge is 0.272 e. The quantitative estimate of drug-likeness (QED) is 0.760. The number of alkyl halides is 2. The van der Waals surface area contributed by atoms with Gasteiger partial charge in [-0.3, -0.25) is 0 Å². The van der Waals surface area contributed by atoms with Crippen LogP contribution in [0.15, 0.2) is 18.2 Å². The van der Waals surface area contributed by atoms with Crippen molar-refractivity contribution in [1.82, 2.24) is 0 Å². The molecule has 14 heavy (non-hydrogen) atoms. The van der Waals surface area contributed by atoms with Crippen molar-refractivity contribution in [2.75, 3.05) is 19.5 Å². The number of hydrogen-bond acceptors (Lipinski definition) is 3. The van der Waals surface area contributed by atoms with Gasteiger partial charge in [-0.2, -0.15) is 0 Å². The Labute approximate surface area is 80.4 Å². The van der Waals surface area contributed by atoms with Crippen molar-refractivity contribution >= 4 is 5.69 Å². The lowest BCUT2D eigenvalue weighted by molar-refractivity contribution is 0.0822. The van der Waals surface area contributed by atoms with Crippen molar-refractivity contribution in [3.8, 4) is 11.5 Å². The Morgan fingerprint density at radius 3 is 2.64 bits per heavy atom. The minimum absolute atomic E-state index is 0.242. The van der Waals surface area contributed by atoms with Crippen LogP contribution in [0.1, 0.15) is 0 Å². The maximum absolute atomic E-state index is 11.8. The first-order valence-corrected chi connectivity index (χ1v) is 3.98. The molecular weight excluding hydrogens is 192 g/mol. The summed E-state index contributed by atoms with van der Waals surface area (Å²) in [5.74, 6) is 0.804. The van der Waals surface area contributed by atoms with Gasteiger partial charge in [-0.05, 0) is 12.1 Å². The normalized spacial score (nSPS) is 10.3. The predicted molar refractivity (Wildman–Crippen MR) is 48.9 cm³/mol. The molecule has 0 radical (unpaired) electrons. The zero-order chi connectivity index (χ0) is 10.6. The molecule has 0 atom stereocenters. The first-order chi connectivity index (χ1) is 6.63. The van der Waals surface area contributed by atoms with Crippen LogP contribution in [0.5, 0.6) is 11.5 Å². The fourth-order valence-corrected chi connectivity index (χ4v) is 0.938. The van der Waals surface area contributed by atoms with E-state index in [4.69, 9.17) is 15.2 Å². The third-order valence-corrected chi connectivity index (χ3v) is 1.58. The molecule has 0 bridgehead atoms. The molecule has 0 aliphatic carbocycles. The van der Waals surface area contributed by atoms with Crippen molar-refractivity contribution < 1.29 is 18.3 Å². The highest BCUT2D eigenvalue weighted by molar-refractivity contribution is 5.56. The summed E-state index contributed by atoms with van der Waals surface area (Å²) >= 11 is 0. The van der Waals surface area contributed by atoms with Crippen LogP contribution in [-0.4, -0.2) is 20.1 Å². The van der Waals surface area contributed by atoms with Crippen LogP contribution in [0.25, 0.3) is 0 Å². The lowest BCUT2D eigenvalue weighted by Gasteiger charge is -2.09. The molecule has 3 nitrogen and oxygen atoms in total. The summed E-state index contributed by atoms with van der Waals surface area (Å²) in [4.78, 5) is 0. The second-order valence-corrected chi connectivity index (χ2v) is 2.61. The first kappa shape index (κ1) is 10.6. The molecule has 0 aliphatic heterocycles. The number of nitrogens with two attached hydrogens (primary N) is 1. The van der Waals surface area contributed by atoms with E-state index in [9.17, 15) is 8.78 Å². The highest BCUT2D eigenvalue weighted by Gasteiger charge is 2.06. The van der Waals surface area contributed by atoms with Gasteiger partial charge in [0.25, 0.3) is 6.43 Å². The molecule has 0 saturated heterocycles. The molecule has 2 N–H and O–H groups in total. The van der Waals surface area contributed by atoms with Gasteiger partial charge in [0.2, 0.25) is 0 Å². The molecule has 0 unspecified atom stereocenters. The third-order valence-electron chi connectivity index (χ3n) is 1.58. The Morgan fingerprint density at radius 2 is 2.14 bits per heavy atom. The van der Waals surface area contributed by atoms with Crippen molar-refractivity contribution in [2.24, 2.45) is 0 Å². The Balaban J connectivity index is 2.69. The first-order valence-electron chi connectivity index (χ1n) is 3.98. The molecule has 1 aromatic carbocycles. The van der Waals surface area contributed by atoms with E-state index < -0.39 is 13.0 Å². The van der Waals surface area contributed by atoms with Gasteiger partial charge in [-0.25, -0.2) is 8.78 Å². The van der Waals surface area contributed by atoms with E-state index in [1.54, 1.807) is 6.07 Å². The van der Waals surface area contributed by atoms with Gasteiger partial charge in [0.05, 0.1) is 12.8 Å². The zero-order valence-corrected chi connectivity index (χ0v) is 7.67. The van der Waals surface area contributed by atoms with Gasteiger partial charge in [0.15, 0.2) is 0 Å². The summed E-state index contributed by atoms with van der Waals surface area (Å²) in [7, 11) is 1.49. The molecule has 78 valence electrons. The van der Waals surface area contributed by atoms with Crippen LogP contribution >= 0.6 is 0 Å². The number of benzene rings is 1. The Morgan fingerprint density at radius 1 is 1.43 bits per heavy atom. The van der Waals surface area contributed by atoms with E-state index in [1.807, 2.05) is 0 Å². The predicted octanol–water partition coefficient (Wildman–Crippen LogP) is 1.92. The molecule has 1 rings (SSSR count). The largest absolute Gasteiger partial charge is 0.497 e. The fourth-order valence-electron chi connectivity index (χ4n) is 0.938. The molecular formula is C9H11F2NO2. The van der Waals surface area contributed by atoms with Gasteiger partial charge >= 0.3 is 0 Å². The summed E-state index contributed by atoms with van der Waals surface area (Å²) in [6.45, 7) is -0.656. The van der Waals surface area contributed by atoms with Crippen LogP contribution in [0.3, 0.4) is 0 Å². The molecule has 0 amide bonds. The molecule has 0 heterocycles. The molecule has 0 saturated carbocycles. The summed E-state index contributed by atoms with van der Waals surface area (Å²) in [5, 5.41) is 0. The van der Waals surface area contributed by atoms with Gasteiger partial charge in [0, 0.05) is 6.07 Å². The molecule has 0 fully saturated rings. The van der Waals surface area contributed by atoms with E-state index in [0.717, 1.165) is 0 Å². The summed E-state index contributed by atoms with van der Waals surface area (Å²) < 4.78 is 33.3. The number of halogens is 2. The lowest BCUT2D eigenvalue weighted by atomic mass is 10.3. The van der Waals surface area contributed by atoms with Crippen molar-refractivity contribution in [3.63, 3.8) is 0 Å². The standard InChI is InChI=1S/C9H11F2NO2/c1-13-6-2-3-8(7(12)4-6)14-5-9(10)11/h2-4,9H,5,12H2,1H3. The number of rotatable bonds is 4. The SMILES string of the molecule is COc1ccc(OCC(F)F)c(N)c1. The maximum Gasteiger partial charge on any atom is 0.272 e. The fraction of sp³-hybridized carbons (Fsp3) is 0.333. The topological polar surface area (TPSA) is 44.5 Å². The Hall–Kier alpha value is -1.52. The molecule has 0 aliphatic rings. The van der Waals surface area contributed by atoms with Crippen molar-refractivity contribution in [3.05, 3.63) is 18.2 Å². The number of methoxy groups -OCH3 is 1. The second-order valence-electron chi connectivity index (χ2n) is 2.61. The van der Waals surface area contributed by atoms with Gasteiger partial charge in [-0.15, -0.1) is 0 Å². The summed E-state index contributed by atoms with van der Waals surface area (Å²) in [5.41, 5.74) is 5.82. The monoisotopic (exact) mass is 203 g/mol. The van der Waals surface area contributed by atoms with Crippen molar-refractivity contribution in [2.45, 2.75) is 6.43 Å². The molecule has 1 aromatic rings. The Bertz CT molecular complexity index is 305. The lowest BCUT2D eigenvalue weighted by Crippen LogP contribution is -2.08. The number of ether oxygens (including phenoxy) is 2. The van der Waals surface area contributed by atoms with E-state index in [-0.39, 0.29) is 11.4 Å². The number of anilines is 1. The highest BCUT2D eigenvalue weighted by atomic mass is 19.3. The highest BCUT2D eigenvalue weighted by Crippen LogP contribution is 2.26. The molecule has 0 aromatic heterocycles. The van der Waals surface area contributed by atoms with Crippen LogP contribution in [0, 0.1) is 0 Å². The van der Waals surface area contributed by atoms with Gasteiger partial charge in [0.1, 0.15) is 18.1 Å². The molecule has 0 spiro atoms. The summed E-state index contributed by atoms with van der Waals surface area (Å²) in [6.07, 6.45) is -2.50. The van der Waals surface area contributed by atoms with E-state index in [0.29, 0.717) is 5.75 Å². The van der Waals surface area contributed by atoms with Crippen LogP contribution in [0.4, 0.5) is 14.5 Å². The minimum Gasteiger partial charge on any atom is -0.497 e. The van der Waals surface area contributed by atoms with E-state index in [1.165, 1.54) is 19.2 Å². The third kappa shape index (κ3) is 2.76. The maximum atomic E-state index is 11.8. The van der Waals surface area contributed by atoms with Gasteiger partial charge in [-0.1, -0.05) is 0 Å². The number of hydrogen-bond donors (Lipinski definition) is 1. The minimum atomic E-state index is -2.50. The second kappa shape index (κ2) is 4.64. The van der Waals surface area contributed by atoms with Crippen LogP contribution < -0.4 is 15.2 Å².